The Morgan fingerprint density at radius 1 is 1.57 bits per heavy atom. The Labute approximate surface area is 131 Å². The van der Waals surface area contributed by atoms with Crippen molar-refractivity contribution >= 4 is 33.3 Å². The number of anilines is 1. The summed E-state index contributed by atoms with van der Waals surface area (Å²) < 4.78 is 0.605. The van der Waals surface area contributed by atoms with Crippen LogP contribution in [-0.2, 0) is 4.79 Å². The molecule has 1 aliphatic rings. The van der Waals surface area contributed by atoms with Crippen molar-refractivity contribution in [3.63, 3.8) is 0 Å². The molecular weight excluding hydrogens is 340 g/mol. The molecule has 21 heavy (non-hydrogen) atoms. The van der Waals surface area contributed by atoms with Crippen molar-refractivity contribution in [2.45, 2.75) is 38.1 Å². The van der Waals surface area contributed by atoms with Gasteiger partial charge >= 0.3 is 5.97 Å². The predicted octanol–water partition coefficient (Wildman–Crippen LogP) is 3.58. The fourth-order valence-electron chi connectivity index (χ4n) is 3.10. The van der Waals surface area contributed by atoms with E-state index in [1.54, 1.807) is 17.0 Å². The van der Waals surface area contributed by atoms with E-state index in [9.17, 15) is 20.0 Å². The molecule has 0 spiro atoms. The van der Waals surface area contributed by atoms with Crippen molar-refractivity contribution in [1.29, 1.82) is 0 Å². The molecule has 0 saturated carbocycles. The van der Waals surface area contributed by atoms with E-state index >= 15 is 0 Å². The topological polar surface area (TPSA) is 83.7 Å². The molecule has 0 amide bonds. The lowest BCUT2D eigenvalue weighted by molar-refractivity contribution is -0.384. The second-order valence-corrected chi connectivity index (χ2v) is 6.15. The first-order valence-electron chi connectivity index (χ1n) is 6.87. The summed E-state index contributed by atoms with van der Waals surface area (Å²) in [6.45, 7) is 2.45. The molecule has 0 aliphatic carbocycles. The van der Waals surface area contributed by atoms with Crippen LogP contribution in [0.2, 0.25) is 0 Å². The number of benzene rings is 1. The Bertz CT molecular complexity index is 578. The third kappa shape index (κ3) is 2.74. The summed E-state index contributed by atoms with van der Waals surface area (Å²) in [6.07, 6.45) is 2.44. The van der Waals surface area contributed by atoms with Gasteiger partial charge < -0.3 is 10.0 Å². The lowest BCUT2D eigenvalue weighted by Gasteiger charge is -2.36. The number of halogens is 1. The van der Waals surface area contributed by atoms with Crippen LogP contribution in [0.3, 0.4) is 0 Å². The van der Waals surface area contributed by atoms with E-state index in [-0.39, 0.29) is 5.69 Å². The number of nitro benzene ring substituents is 1. The summed E-state index contributed by atoms with van der Waals surface area (Å²) in [7, 11) is 0. The van der Waals surface area contributed by atoms with Gasteiger partial charge in [-0.15, -0.1) is 0 Å². The first-order valence-corrected chi connectivity index (χ1v) is 7.66. The zero-order chi connectivity index (χ0) is 15.6. The van der Waals surface area contributed by atoms with Crippen LogP contribution in [0.25, 0.3) is 0 Å². The molecule has 1 aromatic carbocycles. The molecule has 1 heterocycles. The third-order valence-corrected chi connectivity index (χ3v) is 4.47. The van der Waals surface area contributed by atoms with Gasteiger partial charge in [0.05, 0.1) is 4.92 Å². The highest BCUT2D eigenvalue weighted by atomic mass is 79.9. The van der Waals surface area contributed by atoms with Gasteiger partial charge in [-0.2, -0.15) is 0 Å². The molecule has 0 aromatic heterocycles. The SMILES string of the molecule is CCCC1(C(=O)O)CCCN1c1ccc(Br)cc1[N+](=O)[O-]. The fourth-order valence-corrected chi connectivity index (χ4v) is 3.45. The summed E-state index contributed by atoms with van der Waals surface area (Å²) in [6, 6.07) is 4.76. The van der Waals surface area contributed by atoms with Crippen LogP contribution in [0.4, 0.5) is 11.4 Å². The Hall–Kier alpha value is -1.63. The molecule has 1 aromatic rings. The van der Waals surface area contributed by atoms with Crippen LogP contribution >= 0.6 is 15.9 Å². The minimum absolute atomic E-state index is 0.0620. The second-order valence-electron chi connectivity index (χ2n) is 5.23. The molecule has 1 N–H and O–H groups in total. The van der Waals surface area contributed by atoms with Crippen molar-refractivity contribution in [3.8, 4) is 0 Å². The van der Waals surface area contributed by atoms with Crippen molar-refractivity contribution in [2.75, 3.05) is 11.4 Å². The fraction of sp³-hybridized carbons (Fsp3) is 0.500. The van der Waals surface area contributed by atoms with E-state index in [0.29, 0.717) is 36.0 Å². The highest BCUT2D eigenvalue weighted by molar-refractivity contribution is 9.10. The lowest BCUT2D eigenvalue weighted by atomic mass is 9.90. The summed E-state index contributed by atoms with van der Waals surface area (Å²) in [5.74, 6) is -0.904. The van der Waals surface area contributed by atoms with E-state index in [2.05, 4.69) is 15.9 Å². The standard InChI is InChI=1S/C14H17BrN2O4/c1-2-6-14(13(18)19)7-3-8-16(14)11-5-4-10(15)9-12(11)17(20)21/h4-5,9H,2-3,6-8H2,1H3,(H,18,19). The number of carboxylic acids is 1. The first-order chi connectivity index (χ1) is 9.92. The van der Waals surface area contributed by atoms with Gasteiger partial charge in [0.25, 0.3) is 5.69 Å². The van der Waals surface area contributed by atoms with Crippen molar-refractivity contribution < 1.29 is 14.8 Å². The third-order valence-electron chi connectivity index (χ3n) is 3.98. The molecule has 2 rings (SSSR count). The van der Waals surface area contributed by atoms with Gasteiger partial charge in [-0.05, 0) is 31.4 Å². The number of nitro groups is 1. The smallest absolute Gasteiger partial charge is 0.329 e. The van der Waals surface area contributed by atoms with E-state index in [0.717, 1.165) is 6.42 Å². The molecule has 114 valence electrons. The lowest BCUT2D eigenvalue weighted by Crippen LogP contribution is -2.50. The van der Waals surface area contributed by atoms with Crippen molar-refractivity contribution in [2.24, 2.45) is 0 Å². The summed E-state index contributed by atoms with van der Waals surface area (Å²) >= 11 is 3.22. The van der Waals surface area contributed by atoms with Crippen LogP contribution in [0.5, 0.6) is 0 Å². The number of hydrogen-bond donors (Lipinski definition) is 1. The second kappa shape index (κ2) is 6.01. The molecular formula is C14H17BrN2O4. The van der Waals surface area contributed by atoms with Crippen LogP contribution in [0.15, 0.2) is 22.7 Å². The van der Waals surface area contributed by atoms with Crippen LogP contribution in [0, 0.1) is 10.1 Å². The number of aliphatic carboxylic acids is 1. The minimum atomic E-state index is -1.03. The largest absolute Gasteiger partial charge is 0.479 e. The number of carboxylic acid groups (broad SMARTS) is 1. The zero-order valence-electron chi connectivity index (χ0n) is 11.7. The Morgan fingerprint density at radius 2 is 2.29 bits per heavy atom. The number of carbonyl (C=O) groups is 1. The van der Waals surface area contributed by atoms with Gasteiger partial charge in [-0.25, -0.2) is 4.79 Å². The minimum Gasteiger partial charge on any atom is -0.479 e. The molecule has 6 nitrogen and oxygen atoms in total. The monoisotopic (exact) mass is 356 g/mol. The number of nitrogens with zero attached hydrogens (tertiary/aromatic N) is 2. The van der Waals surface area contributed by atoms with Crippen LogP contribution in [-0.4, -0.2) is 28.1 Å². The molecule has 1 fully saturated rings. The number of hydrogen-bond acceptors (Lipinski definition) is 4. The maximum Gasteiger partial charge on any atom is 0.329 e. The number of rotatable bonds is 5. The van der Waals surface area contributed by atoms with Crippen molar-refractivity contribution in [1.82, 2.24) is 0 Å². The molecule has 7 heteroatoms. The van der Waals surface area contributed by atoms with E-state index in [1.165, 1.54) is 6.07 Å². The molecule has 1 atom stereocenters. The Balaban J connectivity index is 2.54. The van der Waals surface area contributed by atoms with E-state index < -0.39 is 16.4 Å². The molecule has 0 bridgehead atoms. The average molecular weight is 357 g/mol. The quantitative estimate of drug-likeness (QED) is 0.643. The highest BCUT2D eigenvalue weighted by Gasteiger charge is 2.48. The van der Waals surface area contributed by atoms with Gasteiger partial charge in [0.2, 0.25) is 0 Å². The van der Waals surface area contributed by atoms with Gasteiger partial charge in [0, 0.05) is 17.1 Å². The average Bonchev–Trinajstić information content (AvgIpc) is 2.84. The summed E-state index contributed by atoms with van der Waals surface area (Å²) in [5, 5.41) is 21.0. The van der Waals surface area contributed by atoms with Crippen molar-refractivity contribution in [3.05, 3.63) is 32.8 Å². The maximum atomic E-state index is 11.8. The summed E-state index contributed by atoms with van der Waals surface area (Å²) in [4.78, 5) is 24.3. The van der Waals surface area contributed by atoms with Crippen LogP contribution < -0.4 is 4.90 Å². The van der Waals surface area contributed by atoms with Gasteiger partial charge in [0.1, 0.15) is 11.2 Å². The van der Waals surface area contributed by atoms with Gasteiger partial charge in [0.15, 0.2) is 0 Å². The van der Waals surface area contributed by atoms with Gasteiger partial charge in [-0.1, -0.05) is 29.3 Å². The normalized spacial score (nSPS) is 21.5. The zero-order valence-corrected chi connectivity index (χ0v) is 13.3. The van der Waals surface area contributed by atoms with E-state index in [1.807, 2.05) is 6.92 Å². The Morgan fingerprint density at radius 3 is 2.86 bits per heavy atom. The predicted molar refractivity (Wildman–Crippen MR) is 82.7 cm³/mol. The molecule has 1 aliphatic heterocycles. The first kappa shape index (κ1) is 15.8. The summed E-state index contributed by atoms with van der Waals surface area (Å²) in [5.41, 5.74) is -0.711. The molecule has 1 saturated heterocycles. The van der Waals surface area contributed by atoms with E-state index in [4.69, 9.17) is 0 Å². The highest BCUT2D eigenvalue weighted by Crippen LogP contribution is 2.42. The molecule has 0 radical (unpaired) electrons. The molecule has 1 unspecified atom stereocenters. The Kier molecular flexibility index (Phi) is 4.51. The maximum absolute atomic E-state index is 11.8. The van der Waals surface area contributed by atoms with Gasteiger partial charge in [-0.3, -0.25) is 10.1 Å². The van der Waals surface area contributed by atoms with Crippen LogP contribution in [0.1, 0.15) is 32.6 Å².